The number of carbonyl (C=O) groups is 1. The molecule has 0 unspecified atom stereocenters. The third-order valence-electron chi connectivity index (χ3n) is 3.84. The molecule has 0 saturated heterocycles. The van der Waals surface area contributed by atoms with E-state index in [1.54, 1.807) is 13.2 Å². The van der Waals surface area contributed by atoms with E-state index < -0.39 is 0 Å². The number of nitrogens with zero attached hydrogens (tertiary/aromatic N) is 1. The van der Waals surface area contributed by atoms with Crippen molar-refractivity contribution in [3.05, 3.63) is 65.9 Å². The normalized spacial score (nSPS) is 11.0. The van der Waals surface area contributed by atoms with E-state index in [0.29, 0.717) is 12.1 Å². The van der Waals surface area contributed by atoms with E-state index in [4.69, 9.17) is 9.47 Å². The molecule has 0 aliphatic heterocycles. The van der Waals surface area contributed by atoms with E-state index >= 15 is 0 Å². The van der Waals surface area contributed by atoms with Gasteiger partial charge in [-0.2, -0.15) is 0 Å². The van der Waals surface area contributed by atoms with Crippen LogP contribution in [-0.4, -0.2) is 23.8 Å². The summed E-state index contributed by atoms with van der Waals surface area (Å²) in [4.78, 5) is 12.0. The highest BCUT2D eigenvalue weighted by Gasteiger charge is 2.10. The number of esters is 1. The van der Waals surface area contributed by atoms with Crippen molar-refractivity contribution in [2.24, 2.45) is 0 Å². The summed E-state index contributed by atoms with van der Waals surface area (Å²) in [5, 5.41) is 1.13. The maximum absolute atomic E-state index is 12.0. The summed E-state index contributed by atoms with van der Waals surface area (Å²) in [6.07, 6.45) is 1.92. The average molecular weight is 323 g/mol. The fourth-order valence-electron chi connectivity index (χ4n) is 2.72. The lowest BCUT2D eigenvalue weighted by Gasteiger charge is -2.10. The Morgan fingerprint density at radius 1 is 1.12 bits per heavy atom. The van der Waals surface area contributed by atoms with Crippen molar-refractivity contribution in [3.8, 4) is 5.75 Å². The minimum Gasteiger partial charge on any atom is -0.497 e. The first kappa shape index (κ1) is 16.1. The van der Waals surface area contributed by atoms with Crippen LogP contribution in [0.5, 0.6) is 5.75 Å². The van der Waals surface area contributed by atoms with Crippen molar-refractivity contribution >= 4 is 16.9 Å². The fourth-order valence-corrected chi connectivity index (χ4v) is 2.72. The molecule has 0 amide bonds. The number of hydrogen-bond donors (Lipinski definition) is 0. The second kappa shape index (κ2) is 6.79. The maximum Gasteiger partial charge on any atom is 0.338 e. The number of aromatic nitrogens is 1. The number of carbonyl (C=O) groups excluding carboxylic acids is 1. The Morgan fingerprint density at radius 3 is 2.71 bits per heavy atom. The smallest absolute Gasteiger partial charge is 0.338 e. The molecular weight excluding hydrogens is 302 g/mol. The van der Waals surface area contributed by atoms with Crippen LogP contribution in [0, 0.1) is 0 Å². The molecule has 0 radical (unpaired) electrons. The second-order valence-corrected chi connectivity index (χ2v) is 6.02. The Hall–Kier alpha value is -2.75. The van der Waals surface area contributed by atoms with Crippen molar-refractivity contribution in [2.45, 2.75) is 26.5 Å². The van der Waals surface area contributed by atoms with Gasteiger partial charge in [0.15, 0.2) is 0 Å². The molecule has 3 rings (SSSR count). The topological polar surface area (TPSA) is 40.5 Å². The zero-order valence-electron chi connectivity index (χ0n) is 14.2. The third kappa shape index (κ3) is 3.43. The SMILES string of the molecule is COc1ccc2c(ccn2Cc2cccc(C(=O)OC(C)C)c2)c1. The van der Waals surface area contributed by atoms with Gasteiger partial charge in [-0.05, 0) is 55.8 Å². The first-order chi connectivity index (χ1) is 11.6. The standard InChI is InChI=1S/C20H21NO3/c1-14(2)24-20(22)17-6-4-5-15(11-17)13-21-10-9-16-12-18(23-3)7-8-19(16)21/h4-12,14H,13H2,1-3H3. The van der Waals surface area contributed by atoms with Gasteiger partial charge >= 0.3 is 5.97 Å². The molecule has 124 valence electrons. The summed E-state index contributed by atoms with van der Waals surface area (Å²) in [5.74, 6) is 0.563. The highest BCUT2D eigenvalue weighted by molar-refractivity contribution is 5.89. The van der Waals surface area contributed by atoms with E-state index in [-0.39, 0.29) is 12.1 Å². The number of methoxy groups -OCH3 is 1. The fraction of sp³-hybridized carbons (Fsp3) is 0.250. The second-order valence-electron chi connectivity index (χ2n) is 6.02. The Bertz CT molecular complexity index is 864. The molecule has 0 spiro atoms. The minimum atomic E-state index is -0.283. The quantitative estimate of drug-likeness (QED) is 0.659. The lowest BCUT2D eigenvalue weighted by Crippen LogP contribution is -2.12. The van der Waals surface area contributed by atoms with Gasteiger partial charge < -0.3 is 14.0 Å². The Kier molecular flexibility index (Phi) is 4.56. The molecule has 0 saturated carbocycles. The zero-order valence-corrected chi connectivity index (χ0v) is 14.2. The first-order valence-electron chi connectivity index (χ1n) is 7.99. The Balaban J connectivity index is 1.85. The van der Waals surface area contributed by atoms with Gasteiger partial charge in [0.2, 0.25) is 0 Å². The summed E-state index contributed by atoms with van der Waals surface area (Å²) < 4.78 is 12.7. The molecule has 3 aromatic rings. The average Bonchev–Trinajstić information content (AvgIpc) is 2.96. The van der Waals surface area contributed by atoms with Crippen molar-refractivity contribution in [1.82, 2.24) is 4.57 Å². The number of ether oxygens (including phenoxy) is 2. The predicted molar refractivity (Wildman–Crippen MR) is 94.6 cm³/mol. The van der Waals surface area contributed by atoms with Crippen LogP contribution in [0.4, 0.5) is 0 Å². The van der Waals surface area contributed by atoms with Crippen LogP contribution >= 0.6 is 0 Å². The van der Waals surface area contributed by atoms with Crippen LogP contribution in [-0.2, 0) is 11.3 Å². The van der Waals surface area contributed by atoms with Gasteiger partial charge in [0, 0.05) is 23.6 Å². The molecule has 1 heterocycles. The summed E-state index contributed by atoms with van der Waals surface area (Å²) >= 11 is 0. The van der Waals surface area contributed by atoms with Gasteiger partial charge in [-0.25, -0.2) is 4.79 Å². The third-order valence-corrected chi connectivity index (χ3v) is 3.84. The van der Waals surface area contributed by atoms with Gasteiger partial charge in [-0.15, -0.1) is 0 Å². The lowest BCUT2D eigenvalue weighted by molar-refractivity contribution is 0.0378. The van der Waals surface area contributed by atoms with E-state index in [0.717, 1.165) is 22.2 Å². The number of rotatable bonds is 5. The Labute approximate surface area is 141 Å². The molecule has 4 nitrogen and oxygen atoms in total. The first-order valence-corrected chi connectivity index (χ1v) is 7.99. The molecular formula is C20H21NO3. The van der Waals surface area contributed by atoms with Gasteiger partial charge in [0.05, 0.1) is 18.8 Å². The van der Waals surface area contributed by atoms with Gasteiger partial charge in [0.25, 0.3) is 0 Å². The van der Waals surface area contributed by atoms with Gasteiger partial charge in [-0.3, -0.25) is 0 Å². The highest BCUT2D eigenvalue weighted by Crippen LogP contribution is 2.23. The van der Waals surface area contributed by atoms with Crippen LogP contribution in [0.25, 0.3) is 10.9 Å². The lowest BCUT2D eigenvalue weighted by atomic mass is 10.1. The van der Waals surface area contributed by atoms with Crippen molar-refractivity contribution in [1.29, 1.82) is 0 Å². The van der Waals surface area contributed by atoms with Crippen LogP contribution < -0.4 is 4.74 Å². The summed E-state index contributed by atoms with van der Waals surface area (Å²) in [7, 11) is 1.67. The van der Waals surface area contributed by atoms with Crippen molar-refractivity contribution in [3.63, 3.8) is 0 Å². The minimum absolute atomic E-state index is 0.121. The molecule has 0 bridgehead atoms. The highest BCUT2D eigenvalue weighted by atomic mass is 16.5. The summed E-state index contributed by atoms with van der Waals surface area (Å²) in [5.41, 5.74) is 2.77. The monoisotopic (exact) mass is 323 g/mol. The van der Waals surface area contributed by atoms with Gasteiger partial charge in [-0.1, -0.05) is 12.1 Å². The summed E-state index contributed by atoms with van der Waals surface area (Å²) in [6.45, 7) is 4.39. The van der Waals surface area contributed by atoms with Crippen LogP contribution in [0.3, 0.4) is 0 Å². The van der Waals surface area contributed by atoms with E-state index in [1.165, 1.54) is 0 Å². The maximum atomic E-state index is 12.0. The number of fused-ring (bicyclic) bond motifs is 1. The van der Waals surface area contributed by atoms with Gasteiger partial charge in [0.1, 0.15) is 5.75 Å². The molecule has 0 fully saturated rings. The molecule has 4 heteroatoms. The Morgan fingerprint density at radius 2 is 1.96 bits per heavy atom. The zero-order chi connectivity index (χ0) is 17.1. The van der Waals surface area contributed by atoms with Crippen LogP contribution in [0.2, 0.25) is 0 Å². The van der Waals surface area contributed by atoms with E-state index in [2.05, 4.69) is 10.6 Å². The molecule has 1 aromatic heterocycles. The van der Waals surface area contributed by atoms with E-state index in [1.807, 2.05) is 56.4 Å². The number of benzene rings is 2. The van der Waals surface area contributed by atoms with Crippen molar-refractivity contribution < 1.29 is 14.3 Å². The largest absolute Gasteiger partial charge is 0.497 e. The molecule has 2 aromatic carbocycles. The van der Waals surface area contributed by atoms with Crippen molar-refractivity contribution in [2.75, 3.05) is 7.11 Å². The van der Waals surface area contributed by atoms with Crippen LogP contribution in [0.15, 0.2) is 54.7 Å². The predicted octanol–water partition coefficient (Wildman–Crippen LogP) is 4.26. The number of hydrogen-bond acceptors (Lipinski definition) is 3. The molecule has 24 heavy (non-hydrogen) atoms. The molecule has 0 atom stereocenters. The molecule has 0 N–H and O–H groups in total. The van der Waals surface area contributed by atoms with Crippen LogP contribution in [0.1, 0.15) is 29.8 Å². The molecule has 0 aliphatic carbocycles. The molecule has 0 aliphatic rings. The summed E-state index contributed by atoms with van der Waals surface area (Å²) in [6, 6.07) is 15.7. The van der Waals surface area contributed by atoms with E-state index in [9.17, 15) is 4.79 Å².